The second-order valence-electron chi connectivity index (χ2n) is 4.66. The summed E-state index contributed by atoms with van der Waals surface area (Å²) >= 11 is 9.06. The fourth-order valence-corrected chi connectivity index (χ4v) is 2.05. The number of ether oxygens (including phenoxy) is 1. The average molecular weight is 398 g/mol. The van der Waals surface area contributed by atoms with E-state index in [-0.39, 0.29) is 0 Å². The van der Waals surface area contributed by atoms with Gasteiger partial charge in [-0.25, -0.2) is 0 Å². The Hall–Kier alpha value is -2.05. The maximum atomic E-state index is 11.9. The standard InChI is InChI=1S/C16H14BrClN2O3/c1-10(23-14-8-6-13(18)7-9-14)15(21)19-20-16(22)11-2-4-12(17)5-3-11/h2-10H,1H3,(H,19,21)(H,20,22). The highest BCUT2D eigenvalue weighted by molar-refractivity contribution is 9.10. The van der Waals surface area contributed by atoms with Crippen molar-refractivity contribution in [1.82, 2.24) is 10.9 Å². The topological polar surface area (TPSA) is 67.4 Å². The zero-order chi connectivity index (χ0) is 16.8. The van der Waals surface area contributed by atoms with Crippen LogP contribution < -0.4 is 15.6 Å². The molecule has 2 amide bonds. The lowest BCUT2D eigenvalue weighted by Crippen LogP contribution is -2.47. The second kappa shape index (κ2) is 7.99. The number of halogens is 2. The number of benzene rings is 2. The van der Waals surface area contributed by atoms with Gasteiger partial charge in [-0.1, -0.05) is 27.5 Å². The molecule has 0 aliphatic heterocycles. The van der Waals surface area contributed by atoms with Crippen molar-refractivity contribution in [3.8, 4) is 5.75 Å². The molecule has 0 bridgehead atoms. The molecule has 120 valence electrons. The van der Waals surface area contributed by atoms with Crippen LogP contribution in [-0.4, -0.2) is 17.9 Å². The summed E-state index contributed by atoms with van der Waals surface area (Å²) in [4.78, 5) is 23.8. The molecule has 2 aromatic rings. The normalized spacial score (nSPS) is 11.4. The largest absolute Gasteiger partial charge is 0.481 e. The van der Waals surface area contributed by atoms with E-state index in [4.69, 9.17) is 16.3 Å². The Morgan fingerprint density at radius 2 is 1.65 bits per heavy atom. The number of nitrogens with one attached hydrogen (secondary N) is 2. The van der Waals surface area contributed by atoms with Gasteiger partial charge in [0, 0.05) is 15.1 Å². The third kappa shape index (κ3) is 5.26. The Bertz CT molecular complexity index is 689. The summed E-state index contributed by atoms with van der Waals surface area (Å²) in [6, 6.07) is 13.4. The summed E-state index contributed by atoms with van der Waals surface area (Å²) in [5.74, 6) is -0.369. The van der Waals surface area contributed by atoms with Gasteiger partial charge in [0.25, 0.3) is 11.8 Å². The molecule has 1 atom stereocenters. The van der Waals surface area contributed by atoms with Crippen LogP contribution in [0.15, 0.2) is 53.0 Å². The third-order valence-corrected chi connectivity index (χ3v) is 3.68. The molecule has 2 rings (SSSR count). The predicted molar refractivity (Wildman–Crippen MR) is 91.3 cm³/mol. The number of rotatable bonds is 4. The number of hydrogen-bond donors (Lipinski definition) is 2. The molecule has 0 heterocycles. The Kier molecular flexibility index (Phi) is 6.01. The maximum absolute atomic E-state index is 11.9. The van der Waals surface area contributed by atoms with Crippen molar-refractivity contribution in [1.29, 1.82) is 0 Å². The lowest BCUT2D eigenvalue weighted by Gasteiger charge is -2.15. The van der Waals surface area contributed by atoms with E-state index in [9.17, 15) is 9.59 Å². The minimum absolute atomic E-state index is 0.412. The molecule has 23 heavy (non-hydrogen) atoms. The summed E-state index contributed by atoms with van der Waals surface area (Å²) in [6.45, 7) is 1.58. The molecule has 0 fully saturated rings. The van der Waals surface area contributed by atoms with Gasteiger partial charge >= 0.3 is 0 Å². The molecule has 0 radical (unpaired) electrons. The molecule has 1 unspecified atom stereocenters. The first-order chi connectivity index (χ1) is 11.0. The van der Waals surface area contributed by atoms with Gasteiger partial charge in [0.1, 0.15) is 5.75 Å². The third-order valence-electron chi connectivity index (χ3n) is 2.90. The van der Waals surface area contributed by atoms with E-state index < -0.39 is 17.9 Å². The van der Waals surface area contributed by atoms with Crippen molar-refractivity contribution in [2.75, 3.05) is 0 Å². The summed E-state index contributed by atoms with van der Waals surface area (Å²) < 4.78 is 6.32. The molecule has 0 saturated heterocycles. The molecule has 0 aliphatic carbocycles. The van der Waals surface area contributed by atoms with Gasteiger partial charge in [0.2, 0.25) is 0 Å². The van der Waals surface area contributed by atoms with Crippen molar-refractivity contribution in [2.24, 2.45) is 0 Å². The molecular formula is C16H14BrClN2O3. The molecule has 2 aromatic carbocycles. The molecular weight excluding hydrogens is 384 g/mol. The number of carbonyl (C=O) groups is 2. The van der Waals surface area contributed by atoms with E-state index in [0.717, 1.165) is 4.47 Å². The smallest absolute Gasteiger partial charge is 0.279 e. The number of hydrogen-bond acceptors (Lipinski definition) is 3. The molecule has 0 aliphatic rings. The van der Waals surface area contributed by atoms with E-state index in [0.29, 0.717) is 16.3 Å². The van der Waals surface area contributed by atoms with Crippen LogP contribution in [0.3, 0.4) is 0 Å². The van der Waals surface area contributed by atoms with Gasteiger partial charge in [-0.2, -0.15) is 0 Å². The fourth-order valence-electron chi connectivity index (χ4n) is 1.66. The minimum Gasteiger partial charge on any atom is -0.481 e. The summed E-state index contributed by atoms with van der Waals surface area (Å²) in [5, 5.41) is 0.580. The van der Waals surface area contributed by atoms with Crippen LogP contribution in [0.4, 0.5) is 0 Å². The van der Waals surface area contributed by atoms with Gasteiger partial charge in [-0.05, 0) is 55.5 Å². The van der Waals surface area contributed by atoms with Gasteiger partial charge in [-0.3, -0.25) is 20.4 Å². The van der Waals surface area contributed by atoms with Crippen LogP contribution in [0, 0.1) is 0 Å². The Labute approximate surface area is 147 Å². The van der Waals surface area contributed by atoms with E-state index in [2.05, 4.69) is 26.8 Å². The lowest BCUT2D eigenvalue weighted by atomic mass is 10.2. The molecule has 0 spiro atoms. The zero-order valence-corrected chi connectivity index (χ0v) is 14.5. The first kappa shape index (κ1) is 17.3. The number of amides is 2. The molecule has 0 saturated carbocycles. The van der Waals surface area contributed by atoms with Crippen LogP contribution in [0.2, 0.25) is 5.02 Å². The van der Waals surface area contributed by atoms with Crippen molar-refractivity contribution in [3.63, 3.8) is 0 Å². The Morgan fingerprint density at radius 3 is 2.26 bits per heavy atom. The molecule has 7 heteroatoms. The Balaban J connectivity index is 1.84. The van der Waals surface area contributed by atoms with E-state index >= 15 is 0 Å². The fraction of sp³-hybridized carbons (Fsp3) is 0.125. The maximum Gasteiger partial charge on any atom is 0.279 e. The van der Waals surface area contributed by atoms with Crippen molar-refractivity contribution >= 4 is 39.3 Å². The van der Waals surface area contributed by atoms with Crippen LogP contribution in [0.5, 0.6) is 5.75 Å². The zero-order valence-electron chi connectivity index (χ0n) is 12.2. The average Bonchev–Trinajstić information content (AvgIpc) is 2.55. The van der Waals surface area contributed by atoms with Crippen LogP contribution in [0.25, 0.3) is 0 Å². The Morgan fingerprint density at radius 1 is 1.04 bits per heavy atom. The van der Waals surface area contributed by atoms with Crippen molar-refractivity contribution in [2.45, 2.75) is 13.0 Å². The quantitative estimate of drug-likeness (QED) is 0.778. The highest BCUT2D eigenvalue weighted by Crippen LogP contribution is 2.16. The number of carbonyl (C=O) groups excluding carboxylic acids is 2. The summed E-state index contributed by atoms with van der Waals surface area (Å²) in [6.07, 6.45) is -0.776. The lowest BCUT2D eigenvalue weighted by molar-refractivity contribution is -0.128. The van der Waals surface area contributed by atoms with Crippen LogP contribution in [0.1, 0.15) is 17.3 Å². The van der Waals surface area contributed by atoms with Crippen molar-refractivity contribution in [3.05, 3.63) is 63.6 Å². The van der Waals surface area contributed by atoms with Crippen LogP contribution >= 0.6 is 27.5 Å². The number of hydrazine groups is 1. The predicted octanol–water partition coefficient (Wildman–Crippen LogP) is 3.33. The molecule has 0 aromatic heterocycles. The van der Waals surface area contributed by atoms with Gasteiger partial charge in [0.15, 0.2) is 6.10 Å². The second-order valence-corrected chi connectivity index (χ2v) is 6.02. The molecule has 5 nitrogen and oxygen atoms in total. The van der Waals surface area contributed by atoms with E-state index in [1.807, 2.05) is 0 Å². The van der Waals surface area contributed by atoms with Gasteiger partial charge in [0.05, 0.1) is 0 Å². The first-order valence-corrected chi connectivity index (χ1v) is 7.91. The highest BCUT2D eigenvalue weighted by Gasteiger charge is 2.15. The summed E-state index contributed by atoms with van der Waals surface area (Å²) in [5.41, 5.74) is 5.10. The SMILES string of the molecule is CC(Oc1ccc(Cl)cc1)C(=O)NNC(=O)c1ccc(Br)cc1. The minimum atomic E-state index is -0.776. The van der Waals surface area contributed by atoms with Crippen molar-refractivity contribution < 1.29 is 14.3 Å². The highest BCUT2D eigenvalue weighted by atomic mass is 79.9. The van der Waals surface area contributed by atoms with E-state index in [1.54, 1.807) is 55.5 Å². The van der Waals surface area contributed by atoms with E-state index in [1.165, 1.54) is 0 Å². The van der Waals surface area contributed by atoms with Gasteiger partial charge in [-0.15, -0.1) is 0 Å². The van der Waals surface area contributed by atoms with Gasteiger partial charge < -0.3 is 4.74 Å². The van der Waals surface area contributed by atoms with Crippen LogP contribution in [-0.2, 0) is 4.79 Å². The monoisotopic (exact) mass is 396 g/mol. The molecule has 2 N–H and O–H groups in total. The first-order valence-electron chi connectivity index (χ1n) is 6.73. The summed E-state index contributed by atoms with van der Waals surface area (Å²) in [7, 11) is 0.